The summed E-state index contributed by atoms with van der Waals surface area (Å²) in [6, 6.07) is 0. The molecule has 3 nitrogen and oxygen atoms in total. The first kappa shape index (κ1) is 8.17. The minimum atomic E-state index is 0.00870. The molecule has 2 aromatic rings. The Hall–Kier alpha value is -1.16. The van der Waals surface area contributed by atoms with Crippen molar-refractivity contribution in [1.82, 2.24) is 9.97 Å². The first-order valence-electron chi connectivity index (χ1n) is 4.84. The van der Waals surface area contributed by atoms with Gasteiger partial charge >= 0.3 is 0 Å². The molecule has 14 heavy (non-hydrogen) atoms. The van der Waals surface area contributed by atoms with E-state index in [-0.39, 0.29) is 5.56 Å². The third-order valence-electron chi connectivity index (χ3n) is 2.74. The van der Waals surface area contributed by atoms with Gasteiger partial charge in [-0.1, -0.05) is 0 Å². The van der Waals surface area contributed by atoms with Crippen LogP contribution in [0.4, 0.5) is 0 Å². The molecule has 72 valence electrons. The largest absolute Gasteiger partial charge is 0.312 e. The standard InChI is InChI=1S/C10H10N2OS/c13-10-9-8(11-5-12-10)6-3-1-2-4-7(6)14-9/h5H,1-4H2,(H,11,12,13). The second kappa shape index (κ2) is 2.92. The van der Waals surface area contributed by atoms with Crippen LogP contribution in [0.2, 0.25) is 0 Å². The maximum Gasteiger partial charge on any atom is 0.268 e. The molecule has 0 amide bonds. The zero-order chi connectivity index (χ0) is 9.54. The number of rotatable bonds is 0. The van der Waals surface area contributed by atoms with Gasteiger partial charge in [-0.25, -0.2) is 4.98 Å². The highest BCUT2D eigenvalue weighted by molar-refractivity contribution is 7.19. The molecule has 2 aromatic heterocycles. The van der Waals surface area contributed by atoms with Gasteiger partial charge in [-0.15, -0.1) is 11.3 Å². The predicted octanol–water partition coefficient (Wildman–Crippen LogP) is 1.86. The smallest absolute Gasteiger partial charge is 0.268 e. The second-order valence-electron chi connectivity index (χ2n) is 3.62. The normalized spacial score (nSPS) is 15.7. The van der Waals surface area contributed by atoms with E-state index in [0.717, 1.165) is 23.1 Å². The highest BCUT2D eigenvalue weighted by Crippen LogP contribution is 2.32. The number of nitrogens with zero attached hydrogens (tertiary/aromatic N) is 1. The summed E-state index contributed by atoms with van der Waals surface area (Å²) in [6.07, 6.45) is 6.19. The molecule has 0 atom stereocenters. The maximum absolute atomic E-state index is 11.5. The summed E-state index contributed by atoms with van der Waals surface area (Å²) in [4.78, 5) is 19.8. The fourth-order valence-electron chi connectivity index (χ4n) is 2.06. The molecule has 1 N–H and O–H groups in total. The van der Waals surface area contributed by atoms with Crippen molar-refractivity contribution in [3.63, 3.8) is 0 Å². The van der Waals surface area contributed by atoms with Crippen molar-refractivity contribution in [2.45, 2.75) is 25.7 Å². The Morgan fingerprint density at radius 2 is 2.21 bits per heavy atom. The average molecular weight is 206 g/mol. The van der Waals surface area contributed by atoms with Crippen LogP contribution in [0, 0.1) is 0 Å². The highest BCUT2D eigenvalue weighted by atomic mass is 32.1. The molecule has 0 saturated carbocycles. The van der Waals surface area contributed by atoms with Crippen LogP contribution in [0.1, 0.15) is 23.3 Å². The van der Waals surface area contributed by atoms with Gasteiger partial charge in [0.1, 0.15) is 4.70 Å². The van der Waals surface area contributed by atoms with E-state index in [1.54, 1.807) is 11.3 Å². The lowest BCUT2D eigenvalue weighted by Crippen LogP contribution is -2.04. The Morgan fingerprint density at radius 1 is 1.36 bits per heavy atom. The van der Waals surface area contributed by atoms with Gasteiger partial charge in [0.25, 0.3) is 5.56 Å². The van der Waals surface area contributed by atoms with Gasteiger partial charge in [0, 0.05) is 4.88 Å². The molecule has 3 rings (SSSR count). The molecule has 0 spiro atoms. The molecule has 0 radical (unpaired) electrons. The van der Waals surface area contributed by atoms with Crippen LogP contribution in [0.3, 0.4) is 0 Å². The van der Waals surface area contributed by atoms with E-state index in [2.05, 4.69) is 9.97 Å². The number of aryl methyl sites for hydroxylation is 2. The number of hydrogen-bond donors (Lipinski definition) is 1. The van der Waals surface area contributed by atoms with E-state index in [9.17, 15) is 4.79 Å². The number of hydrogen-bond acceptors (Lipinski definition) is 3. The maximum atomic E-state index is 11.5. The fourth-order valence-corrected chi connectivity index (χ4v) is 3.30. The molecule has 0 aromatic carbocycles. The first-order valence-corrected chi connectivity index (χ1v) is 5.66. The lowest BCUT2D eigenvalue weighted by Gasteiger charge is -2.09. The number of thiophene rings is 1. The quantitative estimate of drug-likeness (QED) is 0.715. The van der Waals surface area contributed by atoms with Crippen LogP contribution in [0.5, 0.6) is 0 Å². The van der Waals surface area contributed by atoms with Crippen molar-refractivity contribution < 1.29 is 0 Å². The predicted molar refractivity (Wildman–Crippen MR) is 56.9 cm³/mol. The van der Waals surface area contributed by atoms with Gasteiger partial charge in [-0.2, -0.15) is 0 Å². The van der Waals surface area contributed by atoms with E-state index in [0.29, 0.717) is 0 Å². The molecule has 2 heterocycles. The summed E-state index contributed by atoms with van der Waals surface area (Å²) in [5.41, 5.74) is 2.27. The Labute approximate surface area is 84.8 Å². The molecule has 1 aliphatic rings. The summed E-state index contributed by atoms with van der Waals surface area (Å²) < 4.78 is 0.805. The Bertz CT molecular complexity index is 541. The van der Waals surface area contributed by atoms with E-state index in [4.69, 9.17) is 0 Å². The van der Waals surface area contributed by atoms with Gasteiger partial charge in [0.05, 0.1) is 11.8 Å². The minimum absolute atomic E-state index is 0.00870. The number of aromatic amines is 1. The topological polar surface area (TPSA) is 45.8 Å². The number of fused-ring (bicyclic) bond motifs is 3. The molecule has 0 saturated heterocycles. The van der Waals surface area contributed by atoms with Gasteiger partial charge in [-0.3, -0.25) is 4.79 Å². The second-order valence-corrected chi connectivity index (χ2v) is 4.73. The number of aromatic nitrogens is 2. The molecular formula is C10H10N2OS. The van der Waals surface area contributed by atoms with Crippen LogP contribution < -0.4 is 5.56 Å². The van der Waals surface area contributed by atoms with Crippen LogP contribution in [-0.4, -0.2) is 9.97 Å². The van der Waals surface area contributed by atoms with Crippen LogP contribution in [0.15, 0.2) is 11.1 Å². The lowest BCUT2D eigenvalue weighted by atomic mass is 9.98. The summed E-state index contributed by atoms with van der Waals surface area (Å²) in [5, 5.41) is 0. The van der Waals surface area contributed by atoms with Crippen LogP contribution in [-0.2, 0) is 12.8 Å². The SMILES string of the molecule is O=c1[nH]cnc2c3c(sc12)CCCC3. The van der Waals surface area contributed by atoms with Crippen molar-refractivity contribution in [3.8, 4) is 0 Å². The zero-order valence-corrected chi connectivity index (χ0v) is 8.49. The Morgan fingerprint density at radius 3 is 3.14 bits per heavy atom. The van der Waals surface area contributed by atoms with Gasteiger partial charge < -0.3 is 4.98 Å². The monoisotopic (exact) mass is 206 g/mol. The van der Waals surface area contributed by atoms with Crippen LogP contribution >= 0.6 is 11.3 Å². The molecule has 0 fully saturated rings. The van der Waals surface area contributed by atoms with Crippen molar-refractivity contribution in [2.24, 2.45) is 0 Å². The fraction of sp³-hybridized carbons (Fsp3) is 0.400. The van der Waals surface area contributed by atoms with Gasteiger partial charge in [0.2, 0.25) is 0 Å². The third-order valence-corrected chi connectivity index (χ3v) is 4.02. The minimum Gasteiger partial charge on any atom is -0.312 e. The molecule has 4 heteroatoms. The zero-order valence-electron chi connectivity index (χ0n) is 7.67. The van der Waals surface area contributed by atoms with E-state index in [1.165, 1.54) is 29.6 Å². The van der Waals surface area contributed by atoms with Crippen LogP contribution in [0.25, 0.3) is 10.2 Å². The van der Waals surface area contributed by atoms with E-state index >= 15 is 0 Å². The lowest BCUT2D eigenvalue weighted by molar-refractivity contribution is 0.699. The molecule has 1 aliphatic carbocycles. The van der Waals surface area contributed by atoms with Crippen molar-refractivity contribution >= 4 is 21.6 Å². The molecule has 0 bridgehead atoms. The number of nitrogens with one attached hydrogen (secondary N) is 1. The van der Waals surface area contributed by atoms with Crippen molar-refractivity contribution in [3.05, 3.63) is 27.1 Å². The highest BCUT2D eigenvalue weighted by Gasteiger charge is 2.17. The molecule has 0 aliphatic heterocycles. The average Bonchev–Trinajstić information content (AvgIpc) is 2.59. The van der Waals surface area contributed by atoms with Gasteiger partial charge in [0.15, 0.2) is 0 Å². The summed E-state index contributed by atoms with van der Waals surface area (Å²) >= 11 is 1.62. The summed E-state index contributed by atoms with van der Waals surface area (Å²) in [5.74, 6) is 0. The Balaban J connectivity index is 2.42. The first-order chi connectivity index (χ1) is 6.86. The van der Waals surface area contributed by atoms with Crippen molar-refractivity contribution in [1.29, 1.82) is 0 Å². The number of H-pyrrole nitrogens is 1. The third kappa shape index (κ3) is 1.04. The van der Waals surface area contributed by atoms with Gasteiger partial charge in [-0.05, 0) is 31.2 Å². The van der Waals surface area contributed by atoms with E-state index in [1.807, 2.05) is 0 Å². The molecule has 0 unspecified atom stereocenters. The van der Waals surface area contributed by atoms with E-state index < -0.39 is 0 Å². The molecular weight excluding hydrogens is 196 g/mol. The summed E-state index contributed by atoms with van der Waals surface area (Å²) in [6.45, 7) is 0. The summed E-state index contributed by atoms with van der Waals surface area (Å²) in [7, 11) is 0. The Kier molecular flexibility index (Phi) is 1.70. The van der Waals surface area contributed by atoms with Crippen molar-refractivity contribution in [2.75, 3.05) is 0 Å².